The topological polar surface area (TPSA) is 43.9 Å². The molecule has 8 heteroatoms. The van der Waals surface area contributed by atoms with Crippen molar-refractivity contribution >= 4 is 17.5 Å². The first kappa shape index (κ1) is 23.3. The van der Waals surface area contributed by atoms with Crippen molar-refractivity contribution in [1.82, 2.24) is 9.80 Å². The lowest BCUT2D eigenvalue weighted by molar-refractivity contribution is -0.137. The first-order chi connectivity index (χ1) is 15.7. The Morgan fingerprint density at radius 2 is 1.58 bits per heavy atom. The van der Waals surface area contributed by atoms with E-state index in [0.29, 0.717) is 44.8 Å². The van der Waals surface area contributed by atoms with Crippen LogP contribution in [0, 0.1) is 0 Å². The first-order valence-corrected chi connectivity index (χ1v) is 11.3. The molecular weight excluding hydrogens is 431 g/mol. The van der Waals surface area contributed by atoms with Crippen molar-refractivity contribution in [3.05, 3.63) is 65.2 Å². The third kappa shape index (κ3) is 5.38. The molecule has 0 aliphatic carbocycles. The maximum absolute atomic E-state index is 12.8. The normalized spacial score (nSPS) is 17.7. The molecule has 2 aliphatic rings. The molecular formula is C25H28F3N3O2. The summed E-state index contributed by atoms with van der Waals surface area (Å²) < 4.78 is 38.2. The summed E-state index contributed by atoms with van der Waals surface area (Å²) in [5.74, 6) is -0.105. The fraction of sp³-hybridized carbons (Fsp3) is 0.440. The molecule has 1 unspecified atom stereocenters. The number of carbonyl (C=O) groups is 2. The number of hydrogen-bond acceptors (Lipinski definition) is 3. The summed E-state index contributed by atoms with van der Waals surface area (Å²) in [6, 6.07) is 13.0. The lowest BCUT2D eigenvalue weighted by Crippen LogP contribution is -2.51. The molecule has 1 atom stereocenters. The Labute approximate surface area is 191 Å². The zero-order chi connectivity index (χ0) is 23.6. The van der Waals surface area contributed by atoms with Gasteiger partial charge < -0.3 is 9.80 Å². The highest BCUT2D eigenvalue weighted by Gasteiger charge is 2.31. The van der Waals surface area contributed by atoms with Crippen molar-refractivity contribution in [2.24, 2.45) is 0 Å². The van der Waals surface area contributed by atoms with E-state index in [2.05, 4.69) is 11.0 Å². The number of anilines is 1. The number of piperazine rings is 1. The molecule has 2 aliphatic heterocycles. The van der Waals surface area contributed by atoms with Gasteiger partial charge in [-0.1, -0.05) is 37.3 Å². The predicted molar refractivity (Wildman–Crippen MR) is 120 cm³/mol. The highest BCUT2D eigenvalue weighted by molar-refractivity contribution is 5.96. The van der Waals surface area contributed by atoms with E-state index in [0.717, 1.165) is 24.2 Å². The molecule has 0 radical (unpaired) electrons. The molecule has 2 aromatic carbocycles. The van der Waals surface area contributed by atoms with Crippen molar-refractivity contribution in [2.75, 3.05) is 44.2 Å². The zero-order valence-electron chi connectivity index (χ0n) is 18.6. The average molecular weight is 460 g/mol. The Bertz CT molecular complexity index is 999. The summed E-state index contributed by atoms with van der Waals surface area (Å²) >= 11 is 0. The minimum Gasteiger partial charge on any atom is -0.340 e. The highest BCUT2D eigenvalue weighted by Crippen LogP contribution is 2.31. The standard InChI is InChI=1S/C25H28F3N3O2/c1-18(19-6-8-21(9-7-19)25(26,27)28)16-23(32)30-14-12-29(13-15-30)17-24(33)31-11-10-20-4-2-3-5-22(20)31/h2-9,18H,10-17H2,1H3. The van der Waals surface area contributed by atoms with Crippen LogP contribution < -0.4 is 4.90 Å². The summed E-state index contributed by atoms with van der Waals surface area (Å²) in [5.41, 5.74) is 2.22. The van der Waals surface area contributed by atoms with E-state index in [1.54, 1.807) is 4.90 Å². The molecule has 0 aromatic heterocycles. The summed E-state index contributed by atoms with van der Waals surface area (Å²) in [6.45, 7) is 5.23. The van der Waals surface area contributed by atoms with Crippen LogP contribution in [0.3, 0.4) is 0 Å². The van der Waals surface area contributed by atoms with Gasteiger partial charge in [0.25, 0.3) is 0 Å². The van der Waals surface area contributed by atoms with Gasteiger partial charge in [-0.15, -0.1) is 0 Å². The first-order valence-electron chi connectivity index (χ1n) is 11.3. The van der Waals surface area contributed by atoms with Crippen LogP contribution in [0.2, 0.25) is 0 Å². The van der Waals surface area contributed by atoms with Crippen molar-refractivity contribution in [3.63, 3.8) is 0 Å². The second kappa shape index (κ2) is 9.55. The lowest BCUT2D eigenvalue weighted by atomic mass is 9.96. The molecule has 0 N–H and O–H groups in total. The second-order valence-corrected chi connectivity index (χ2v) is 8.81. The van der Waals surface area contributed by atoms with Crippen LogP contribution in [0.4, 0.5) is 18.9 Å². The van der Waals surface area contributed by atoms with Gasteiger partial charge in [0.15, 0.2) is 0 Å². The summed E-state index contributed by atoms with van der Waals surface area (Å²) in [5, 5.41) is 0. The van der Waals surface area contributed by atoms with Crippen molar-refractivity contribution < 1.29 is 22.8 Å². The molecule has 176 valence electrons. The number of fused-ring (bicyclic) bond motifs is 1. The molecule has 5 nitrogen and oxygen atoms in total. The van der Waals surface area contributed by atoms with Gasteiger partial charge in [-0.2, -0.15) is 13.2 Å². The van der Waals surface area contributed by atoms with Gasteiger partial charge in [0, 0.05) is 44.8 Å². The molecule has 0 saturated carbocycles. The minimum atomic E-state index is -4.36. The minimum absolute atomic E-state index is 0.0122. The highest BCUT2D eigenvalue weighted by atomic mass is 19.4. The molecule has 0 bridgehead atoms. The van der Waals surface area contributed by atoms with Gasteiger partial charge in [0.1, 0.15) is 0 Å². The Morgan fingerprint density at radius 1 is 0.909 bits per heavy atom. The number of hydrogen-bond donors (Lipinski definition) is 0. The number of para-hydroxylation sites is 1. The van der Waals surface area contributed by atoms with Gasteiger partial charge in [0.05, 0.1) is 12.1 Å². The van der Waals surface area contributed by atoms with Crippen LogP contribution in [-0.2, 0) is 22.2 Å². The fourth-order valence-electron chi connectivity index (χ4n) is 4.54. The Kier molecular flexibility index (Phi) is 6.74. The van der Waals surface area contributed by atoms with Crippen molar-refractivity contribution in [2.45, 2.75) is 31.9 Å². The fourth-order valence-corrected chi connectivity index (χ4v) is 4.54. The smallest absolute Gasteiger partial charge is 0.340 e. The largest absolute Gasteiger partial charge is 0.416 e. The molecule has 2 heterocycles. The number of carbonyl (C=O) groups excluding carboxylic acids is 2. The molecule has 33 heavy (non-hydrogen) atoms. The third-order valence-corrected chi connectivity index (χ3v) is 6.56. The quantitative estimate of drug-likeness (QED) is 0.681. The van der Waals surface area contributed by atoms with Gasteiger partial charge in [-0.25, -0.2) is 0 Å². The average Bonchev–Trinajstić information content (AvgIpc) is 3.23. The zero-order valence-corrected chi connectivity index (χ0v) is 18.6. The van der Waals surface area contributed by atoms with Crippen LogP contribution >= 0.6 is 0 Å². The Morgan fingerprint density at radius 3 is 2.24 bits per heavy atom. The van der Waals surface area contributed by atoms with Crippen LogP contribution in [0.25, 0.3) is 0 Å². The van der Waals surface area contributed by atoms with Crippen LogP contribution in [-0.4, -0.2) is 60.9 Å². The number of halogens is 3. The number of nitrogens with zero attached hydrogens (tertiary/aromatic N) is 3. The molecule has 1 fully saturated rings. The van der Waals surface area contributed by atoms with E-state index >= 15 is 0 Å². The molecule has 1 saturated heterocycles. The third-order valence-electron chi connectivity index (χ3n) is 6.56. The Balaban J connectivity index is 1.25. The summed E-state index contributed by atoms with van der Waals surface area (Å²) in [6.07, 6.45) is -3.24. The summed E-state index contributed by atoms with van der Waals surface area (Å²) in [7, 11) is 0. The molecule has 2 amide bonds. The van der Waals surface area contributed by atoms with E-state index in [1.165, 1.54) is 17.7 Å². The van der Waals surface area contributed by atoms with E-state index in [-0.39, 0.29) is 24.2 Å². The summed E-state index contributed by atoms with van der Waals surface area (Å²) in [4.78, 5) is 31.3. The van der Waals surface area contributed by atoms with Crippen molar-refractivity contribution in [3.8, 4) is 0 Å². The van der Waals surface area contributed by atoms with Gasteiger partial charge in [0.2, 0.25) is 11.8 Å². The monoisotopic (exact) mass is 459 g/mol. The Hall–Kier alpha value is -2.87. The number of rotatable bonds is 5. The second-order valence-electron chi connectivity index (χ2n) is 8.81. The number of benzene rings is 2. The van der Waals surface area contributed by atoms with E-state index < -0.39 is 11.7 Å². The van der Waals surface area contributed by atoms with Gasteiger partial charge >= 0.3 is 6.18 Å². The predicted octanol–water partition coefficient (Wildman–Crippen LogP) is 3.93. The maximum Gasteiger partial charge on any atom is 0.416 e. The maximum atomic E-state index is 12.8. The van der Waals surface area contributed by atoms with Crippen molar-refractivity contribution in [1.29, 1.82) is 0 Å². The van der Waals surface area contributed by atoms with Gasteiger partial charge in [-0.05, 0) is 41.7 Å². The van der Waals surface area contributed by atoms with Crippen LogP contribution in [0.15, 0.2) is 48.5 Å². The SMILES string of the molecule is CC(CC(=O)N1CCN(CC(=O)N2CCc3ccccc32)CC1)c1ccc(C(F)(F)F)cc1. The molecule has 2 aromatic rings. The van der Waals surface area contributed by atoms with Gasteiger partial charge in [-0.3, -0.25) is 14.5 Å². The molecule has 0 spiro atoms. The van der Waals surface area contributed by atoms with E-state index in [1.807, 2.05) is 30.0 Å². The van der Waals surface area contributed by atoms with Crippen LogP contribution in [0.1, 0.15) is 36.0 Å². The van der Waals surface area contributed by atoms with E-state index in [9.17, 15) is 22.8 Å². The van der Waals surface area contributed by atoms with E-state index in [4.69, 9.17) is 0 Å². The number of amides is 2. The molecule has 4 rings (SSSR count). The number of alkyl halides is 3. The van der Waals surface area contributed by atoms with Crippen LogP contribution in [0.5, 0.6) is 0 Å². The lowest BCUT2D eigenvalue weighted by Gasteiger charge is -2.35.